The lowest BCUT2D eigenvalue weighted by molar-refractivity contribution is 0.0769. The predicted octanol–water partition coefficient (Wildman–Crippen LogP) is 3.16. The molecule has 5 nitrogen and oxygen atoms in total. The Hall–Kier alpha value is -3.34. The van der Waals surface area contributed by atoms with Gasteiger partial charge in [-0.05, 0) is 47.2 Å². The average Bonchev–Trinajstić information content (AvgIpc) is 2.67. The fourth-order valence-corrected chi connectivity index (χ4v) is 3.33. The number of H-pyrrole nitrogens is 1. The van der Waals surface area contributed by atoms with Crippen molar-refractivity contribution in [2.45, 2.75) is 6.42 Å². The van der Waals surface area contributed by atoms with Gasteiger partial charge < -0.3 is 15.0 Å². The van der Waals surface area contributed by atoms with Gasteiger partial charge in [-0.3, -0.25) is 9.59 Å². The van der Waals surface area contributed by atoms with Crippen molar-refractivity contribution in [1.82, 2.24) is 9.88 Å². The first-order valence-corrected chi connectivity index (χ1v) is 8.51. The van der Waals surface area contributed by atoms with E-state index in [2.05, 4.69) is 11.1 Å². The van der Waals surface area contributed by atoms with Crippen molar-refractivity contribution in [1.29, 1.82) is 0 Å². The number of aromatic hydroxyl groups is 1. The van der Waals surface area contributed by atoms with Crippen LogP contribution in [-0.2, 0) is 0 Å². The first-order chi connectivity index (χ1) is 12.6. The molecule has 1 aliphatic rings. The third-order valence-electron chi connectivity index (χ3n) is 4.64. The van der Waals surface area contributed by atoms with Crippen LogP contribution in [-0.4, -0.2) is 34.0 Å². The lowest BCUT2D eigenvalue weighted by Crippen LogP contribution is -2.36. The van der Waals surface area contributed by atoms with E-state index in [4.69, 9.17) is 0 Å². The first kappa shape index (κ1) is 16.1. The van der Waals surface area contributed by atoms with Gasteiger partial charge in [0, 0.05) is 18.5 Å². The molecular formula is C21H18N2O3. The number of amides is 1. The Kier molecular flexibility index (Phi) is 4.05. The van der Waals surface area contributed by atoms with Gasteiger partial charge in [0.15, 0.2) is 0 Å². The van der Waals surface area contributed by atoms with E-state index < -0.39 is 0 Å². The molecule has 5 heteroatoms. The summed E-state index contributed by atoms with van der Waals surface area (Å²) in [5, 5.41) is 11.0. The molecule has 0 bridgehead atoms. The van der Waals surface area contributed by atoms with E-state index in [0.29, 0.717) is 24.2 Å². The molecule has 3 aromatic rings. The quantitative estimate of drug-likeness (QED) is 0.748. The molecule has 1 amide bonds. The highest BCUT2D eigenvalue weighted by atomic mass is 16.3. The average molecular weight is 346 g/mol. The number of nitrogens with one attached hydrogen (secondary N) is 1. The topological polar surface area (TPSA) is 73.4 Å². The van der Waals surface area contributed by atoms with Gasteiger partial charge >= 0.3 is 0 Å². The van der Waals surface area contributed by atoms with E-state index in [1.54, 1.807) is 41.3 Å². The van der Waals surface area contributed by atoms with Crippen molar-refractivity contribution >= 4 is 22.3 Å². The molecule has 2 heterocycles. The molecule has 0 unspecified atom stereocenters. The number of nitrogens with zero attached hydrogens (tertiary/aromatic N) is 1. The minimum Gasteiger partial charge on any atom is -0.508 e. The van der Waals surface area contributed by atoms with Gasteiger partial charge in [0.2, 0.25) is 0 Å². The van der Waals surface area contributed by atoms with Crippen LogP contribution in [0, 0.1) is 0 Å². The van der Waals surface area contributed by atoms with Crippen molar-refractivity contribution in [3.8, 4) is 5.75 Å². The highest BCUT2D eigenvalue weighted by Gasteiger charge is 2.21. The molecule has 26 heavy (non-hydrogen) atoms. The zero-order chi connectivity index (χ0) is 18.1. The molecule has 1 aromatic heterocycles. The fraction of sp³-hybridized carbons (Fsp3) is 0.143. The first-order valence-electron chi connectivity index (χ1n) is 8.51. The Labute approximate surface area is 150 Å². The highest BCUT2D eigenvalue weighted by molar-refractivity contribution is 5.97. The Balaban J connectivity index is 1.63. The summed E-state index contributed by atoms with van der Waals surface area (Å²) in [5.74, 6) is 0.00400. The van der Waals surface area contributed by atoms with Gasteiger partial charge in [-0.2, -0.15) is 0 Å². The molecule has 2 N–H and O–H groups in total. The largest absolute Gasteiger partial charge is 0.508 e. The minimum absolute atomic E-state index is 0.196. The molecule has 0 fully saturated rings. The molecule has 0 atom stereocenters. The fourth-order valence-electron chi connectivity index (χ4n) is 3.33. The number of carbonyl (C=O) groups excluding carboxylic acids is 1. The van der Waals surface area contributed by atoms with Gasteiger partial charge in [0.1, 0.15) is 11.4 Å². The van der Waals surface area contributed by atoms with Crippen LogP contribution in [0.3, 0.4) is 0 Å². The molecule has 0 radical (unpaired) electrons. The number of pyridine rings is 1. The van der Waals surface area contributed by atoms with E-state index in [0.717, 1.165) is 22.9 Å². The molecule has 0 spiro atoms. The number of fused-ring (bicyclic) bond motifs is 1. The number of phenolic OH excluding ortho intramolecular Hbond substituents is 1. The highest BCUT2D eigenvalue weighted by Crippen LogP contribution is 2.24. The van der Waals surface area contributed by atoms with Gasteiger partial charge in [-0.15, -0.1) is 0 Å². The third kappa shape index (κ3) is 2.99. The number of aromatic nitrogens is 1. The zero-order valence-corrected chi connectivity index (χ0v) is 14.1. The second kappa shape index (κ2) is 6.52. The number of carbonyl (C=O) groups is 1. The summed E-state index contributed by atoms with van der Waals surface area (Å²) in [4.78, 5) is 29.6. The zero-order valence-electron chi connectivity index (χ0n) is 14.1. The molecule has 1 aliphatic heterocycles. The summed E-state index contributed by atoms with van der Waals surface area (Å²) in [6, 6.07) is 16.0. The normalized spacial score (nSPS) is 14.3. The second-order valence-electron chi connectivity index (χ2n) is 6.39. The molecule has 0 aliphatic carbocycles. The van der Waals surface area contributed by atoms with Gasteiger partial charge in [-0.1, -0.05) is 36.4 Å². The lowest BCUT2D eigenvalue weighted by Gasteiger charge is -2.27. The summed E-state index contributed by atoms with van der Waals surface area (Å²) in [6.07, 6.45) is 2.82. The molecule has 0 saturated heterocycles. The Bertz CT molecular complexity index is 1080. The van der Waals surface area contributed by atoms with Crippen molar-refractivity contribution in [2.24, 2.45) is 0 Å². The number of benzene rings is 2. The molecule has 130 valence electrons. The van der Waals surface area contributed by atoms with Crippen LogP contribution < -0.4 is 5.56 Å². The maximum atomic E-state index is 12.9. The Morgan fingerprint density at radius 3 is 2.77 bits per heavy atom. The van der Waals surface area contributed by atoms with Crippen LogP contribution in [0.4, 0.5) is 0 Å². The maximum absolute atomic E-state index is 12.9. The van der Waals surface area contributed by atoms with Crippen molar-refractivity contribution in [2.75, 3.05) is 13.1 Å². The van der Waals surface area contributed by atoms with Crippen molar-refractivity contribution in [3.63, 3.8) is 0 Å². The standard InChI is InChI=1S/C21H18N2O3/c24-17-8-3-6-14(11-17)16-7-4-10-23(13-16)21(26)19-12-15-5-1-2-9-18(15)20(25)22-19/h1-3,5-9,11-12,24H,4,10,13H2,(H,22,25). The number of hydrogen-bond acceptors (Lipinski definition) is 3. The van der Waals surface area contributed by atoms with E-state index in [1.807, 2.05) is 18.2 Å². The van der Waals surface area contributed by atoms with E-state index in [9.17, 15) is 14.7 Å². The summed E-state index contributed by atoms with van der Waals surface area (Å²) in [5.41, 5.74) is 1.93. The second-order valence-corrected chi connectivity index (χ2v) is 6.39. The number of rotatable bonds is 2. The Morgan fingerprint density at radius 1 is 1.08 bits per heavy atom. The summed E-state index contributed by atoms with van der Waals surface area (Å²) in [6.45, 7) is 1.03. The van der Waals surface area contributed by atoms with Crippen molar-refractivity contribution < 1.29 is 9.90 Å². The van der Waals surface area contributed by atoms with Gasteiger partial charge in [0.05, 0.1) is 0 Å². The van der Waals surface area contributed by atoms with Crippen LogP contribution in [0.2, 0.25) is 0 Å². The molecular weight excluding hydrogens is 328 g/mol. The number of hydrogen-bond donors (Lipinski definition) is 2. The molecule has 4 rings (SSSR count). The number of phenols is 1. The van der Waals surface area contributed by atoms with Crippen LogP contribution in [0.15, 0.2) is 65.5 Å². The number of aromatic amines is 1. The summed E-state index contributed by atoms with van der Waals surface area (Å²) < 4.78 is 0. The van der Waals surface area contributed by atoms with Crippen molar-refractivity contribution in [3.05, 3.63) is 82.3 Å². The predicted molar refractivity (Wildman–Crippen MR) is 101 cm³/mol. The summed E-state index contributed by atoms with van der Waals surface area (Å²) >= 11 is 0. The van der Waals surface area contributed by atoms with Gasteiger partial charge in [0.25, 0.3) is 11.5 Å². The molecule has 2 aromatic carbocycles. The van der Waals surface area contributed by atoms with Gasteiger partial charge in [-0.25, -0.2) is 0 Å². The molecule has 0 saturated carbocycles. The van der Waals surface area contributed by atoms with Crippen LogP contribution in [0.25, 0.3) is 16.3 Å². The SMILES string of the molecule is O=C(c1cc2ccccc2c(=O)[nH]1)N1CCC=C(c2cccc(O)c2)C1. The Morgan fingerprint density at radius 2 is 1.92 bits per heavy atom. The lowest BCUT2D eigenvalue weighted by atomic mass is 10.0. The van der Waals surface area contributed by atoms with E-state index in [-0.39, 0.29) is 17.2 Å². The van der Waals surface area contributed by atoms with Crippen LogP contribution in [0.1, 0.15) is 22.5 Å². The third-order valence-corrected chi connectivity index (χ3v) is 4.64. The monoisotopic (exact) mass is 346 g/mol. The van der Waals surface area contributed by atoms with Crippen LogP contribution >= 0.6 is 0 Å². The maximum Gasteiger partial charge on any atom is 0.270 e. The summed E-state index contributed by atoms with van der Waals surface area (Å²) in [7, 11) is 0. The van der Waals surface area contributed by atoms with E-state index >= 15 is 0 Å². The van der Waals surface area contributed by atoms with E-state index in [1.165, 1.54) is 0 Å². The minimum atomic E-state index is -0.257. The van der Waals surface area contributed by atoms with Crippen LogP contribution in [0.5, 0.6) is 5.75 Å². The smallest absolute Gasteiger partial charge is 0.270 e.